The summed E-state index contributed by atoms with van der Waals surface area (Å²) in [5.74, 6) is -0.448. The van der Waals surface area contributed by atoms with Gasteiger partial charge in [0.05, 0.1) is 0 Å². The Bertz CT molecular complexity index is 494. The second kappa shape index (κ2) is 6.70. The zero-order valence-electron chi connectivity index (χ0n) is 12.7. The summed E-state index contributed by atoms with van der Waals surface area (Å²) in [7, 11) is 0. The molecule has 21 heavy (non-hydrogen) atoms. The summed E-state index contributed by atoms with van der Waals surface area (Å²) in [6.45, 7) is 3.74. The van der Waals surface area contributed by atoms with Crippen molar-refractivity contribution in [2.45, 2.75) is 52.1 Å². The molecular formula is C16H23N3O2. The Morgan fingerprint density at radius 2 is 1.81 bits per heavy atom. The van der Waals surface area contributed by atoms with E-state index in [1.54, 1.807) is 26.2 Å². The molecule has 1 fully saturated rings. The van der Waals surface area contributed by atoms with Crippen LogP contribution in [0.15, 0.2) is 24.5 Å². The summed E-state index contributed by atoms with van der Waals surface area (Å²) < 4.78 is 0. The van der Waals surface area contributed by atoms with E-state index in [9.17, 15) is 9.59 Å². The van der Waals surface area contributed by atoms with Gasteiger partial charge in [-0.2, -0.15) is 0 Å². The SMILES string of the molecule is CC(C)(C(=O)NCc1ccncc1)C(=O)NC1CCCC1. The highest BCUT2D eigenvalue weighted by Gasteiger charge is 2.37. The van der Waals surface area contributed by atoms with Gasteiger partial charge in [0.15, 0.2) is 0 Å². The van der Waals surface area contributed by atoms with Gasteiger partial charge in [0.1, 0.15) is 5.41 Å². The molecule has 0 aliphatic heterocycles. The lowest BCUT2D eigenvalue weighted by atomic mass is 9.90. The molecule has 0 radical (unpaired) electrons. The second-order valence-electron chi connectivity index (χ2n) is 6.12. The van der Waals surface area contributed by atoms with Crippen LogP contribution in [0.5, 0.6) is 0 Å². The quantitative estimate of drug-likeness (QED) is 0.812. The Morgan fingerprint density at radius 3 is 2.43 bits per heavy atom. The zero-order valence-corrected chi connectivity index (χ0v) is 12.7. The highest BCUT2D eigenvalue weighted by Crippen LogP contribution is 2.21. The first-order chi connectivity index (χ1) is 10.00. The maximum atomic E-state index is 12.3. The van der Waals surface area contributed by atoms with E-state index in [0.717, 1.165) is 31.2 Å². The minimum atomic E-state index is -1.06. The smallest absolute Gasteiger partial charge is 0.235 e. The molecule has 0 atom stereocenters. The maximum absolute atomic E-state index is 12.3. The molecule has 1 saturated carbocycles. The van der Waals surface area contributed by atoms with Gasteiger partial charge in [-0.1, -0.05) is 12.8 Å². The Morgan fingerprint density at radius 1 is 1.19 bits per heavy atom. The van der Waals surface area contributed by atoms with Crippen molar-refractivity contribution in [2.75, 3.05) is 0 Å². The first kappa shape index (κ1) is 15.5. The van der Waals surface area contributed by atoms with Gasteiger partial charge in [0, 0.05) is 25.0 Å². The molecule has 2 amide bonds. The summed E-state index contributed by atoms with van der Waals surface area (Å²) in [5, 5.41) is 5.81. The van der Waals surface area contributed by atoms with Gasteiger partial charge < -0.3 is 10.6 Å². The average molecular weight is 289 g/mol. The third kappa shape index (κ3) is 4.03. The number of amides is 2. The zero-order chi connectivity index (χ0) is 15.3. The van der Waals surface area contributed by atoms with Crippen LogP contribution in [-0.2, 0) is 16.1 Å². The van der Waals surface area contributed by atoms with E-state index in [1.807, 2.05) is 12.1 Å². The lowest BCUT2D eigenvalue weighted by molar-refractivity contribution is -0.141. The minimum Gasteiger partial charge on any atom is -0.352 e. The molecule has 0 spiro atoms. The number of pyridine rings is 1. The van der Waals surface area contributed by atoms with Crippen LogP contribution in [-0.4, -0.2) is 22.8 Å². The van der Waals surface area contributed by atoms with Crippen LogP contribution in [0.4, 0.5) is 0 Å². The molecule has 1 aromatic rings. The first-order valence-corrected chi connectivity index (χ1v) is 7.48. The van der Waals surface area contributed by atoms with Crippen molar-refractivity contribution in [2.24, 2.45) is 5.41 Å². The highest BCUT2D eigenvalue weighted by molar-refractivity contribution is 6.04. The van der Waals surface area contributed by atoms with Crippen LogP contribution < -0.4 is 10.6 Å². The fraction of sp³-hybridized carbons (Fsp3) is 0.562. The standard InChI is InChI=1S/C16H23N3O2/c1-16(2,15(21)19-13-5-3-4-6-13)14(20)18-11-12-7-9-17-10-8-12/h7-10,13H,3-6,11H2,1-2H3,(H,18,20)(H,19,21). The Hall–Kier alpha value is -1.91. The number of carbonyl (C=O) groups excluding carboxylic acids is 2. The number of aromatic nitrogens is 1. The van der Waals surface area contributed by atoms with E-state index in [0.29, 0.717) is 6.54 Å². The number of carbonyl (C=O) groups is 2. The molecule has 1 heterocycles. The van der Waals surface area contributed by atoms with Crippen molar-refractivity contribution in [3.63, 3.8) is 0 Å². The molecule has 1 aliphatic rings. The van der Waals surface area contributed by atoms with Crippen LogP contribution in [0.1, 0.15) is 45.1 Å². The van der Waals surface area contributed by atoms with E-state index in [-0.39, 0.29) is 17.9 Å². The number of hydrogen-bond donors (Lipinski definition) is 2. The first-order valence-electron chi connectivity index (χ1n) is 7.48. The Balaban J connectivity index is 1.88. The average Bonchev–Trinajstić information content (AvgIpc) is 2.98. The van der Waals surface area contributed by atoms with Crippen LogP contribution in [0.25, 0.3) is 0 Å². The largest absolute Gasteiger partial charge is 0.352 e. The van der Waals surface area contributed by atoms with E-state index in [2.05, 4.69) is 15.6 Å². The molecule has 114 valence electrons. The number of nitrogens with zero attached hydrogens (tertiary/aromatic N) is 1. The van der Waals surface area contributed by atoms with E-state index in [1.165, 1.54) is 0 Å². The molecule has 5 nitrogen and oxygen atoms in total. The molecule has 0 unspecified atom stereocenters. The summed E-state index contributed by atoms with van der Waals surface area (Å²) >= 11 is 0. The van der Waals surface area contributed by atoms with Gasteiger partial charge in [-0.3, -0.25) is 14.6 Å². The summed E-state index contributed by atoms with van der Waals surface area (Å²) in [5.41, 5.74) is -0.0966. The molecule has 5 heteroatoms. The van der Waals surface area contributed by atoms with Gasteiger partial charge in [-0.05, 0) is 44.4 Å². The molecule has 2 rings (SSSR count). The topological polar surface area (TPSA) is 71.1 Å². The van der Waals surface area contributed by atoms with Crippen molar-refractivity contribution in [1.82, 2.24) is 15.6 Å². The number of hydrogen-bond acceptors (Lipinski definition) is 3. The van der Waals surface area contributed by atoms with E-state index < -0.39 is 5.41 Å². The fourth-order valence-electron chi connectivity index (χ4n) is 2.44. The second-order valence-corrected chi connectivity index (χ2v) is 6.12. The van der Waals surface area contributed by atoms with Crippen LogP contribution in [0.2, 0.25) is 0 Å². The van der Waals surface area contributed by atoms with Crippen molar-refractivity contribution in [3.8, 4) is 0 Å². The van der Waals surface area contributed by atoms with Crippen molar-refractivity contribution in [3.05, 3.63) is 30.1 Å². The number of rotatable bonds is 5. The molecule has 1 aromatic heterocycles. The van der Waals surface area contributed by atoms with Crippen molar-refractivity contribution < 1.29 is 9.59 Å². The fourth-order valence-corrected chi connectivity index (χ4v) is 2.44. The third-order valence-electron chi connectivity index (χ3n) is 4.03. The summed E-state index contributed by atoms with van der Waals surface area (Å²) in [6, 6.07) is 3.90. The van der Waals surface area contributed by atoms with E-state index in [4.69, 9.17) is 0 Å². The number of nitrogens with one attached hydrogen (secondary N) is 2. The van der Waals surface area contributed by atoms with Gasteiger partial charge >= 0.3 is 0 Å². The Labute approximate surface area is 125 Å². The predicted octanol–water partition coefficient (Wildman–Crippen LogP) is 1.78. The van der Waals surface area contributed by atoms with Gasteiger partial charge in [0.2, 0.25) is 11.8 Å². The van der Waals surface area contributed by atoms with Crippen molar-refractivity contribution >= 4 is 11.8 Å². The maximum Gasteiger partial charge on any atom is 0.235 e. The van der Waals surface area contributed by atoms with Gasteiger partial charge in [-0.25, -0.2) is 0 Å². The summed E-state index contributed by atoms with van der Waals surface area (Å²) in [6.07, 6.45) is 7.69. The minimum absolute atomic E-state index is 0.193. The summed E-state index contributed by atoms with van der Waals surface area (Å²) in [4.78, 5) is 28.5. The van der Waals surface area contributed by atoms with Crippen molar-refractivity contribution in [1.29, 1.82) is 0 Å². The van der Waals surface area contributed by atoms with Crippen LogP contribution >= 0.6 is 0 Å². The molecule has 1 aliphatic carbocycles. The Kier molecular flexibility index (Phi) is 4.94. The van der Waals surface area contributed by atoms with E-state index >= 15 is 0 Å². The van der Waals surface area contributed by atoms with Gasteiger partial charge in [-0.15, -0.1) is 0 Å². The highest BCUT2D eigenvalue weighted by atomic mass is 16.2. The monoisotopic (exact) mass is 289 g/mol. The predicted molar refractivity (Wildman–Crippen MR) is 80.3 cm³/mol. The molecule has 2 N–H and O–H groups in total. The molecular weight excluding hydrogens is 266 g/mol. The van der Waals surface area contributed by atoms with Gasteiger partial charge in [0.25, 0.3) is 0 Å². The molecule has 0 bridgehead atoms. The van der Waals surface area contributed by atoms with Crippen LogP contribution in [0, 0.1) is 5.41 Å². The third-order valence-corrected chi connectivity index (χ3v) is 4.03. The normalized spacial score (nSPS) is 15.7. The van der Waals surface area contributed by atoms with Crippen LogP contribution in [0.3, 0.4) is 0 Å². The lowest BCUT2D eigenvalue weighted by Crippen LogP contribution is -2.49. The molecule has 0 aromatic carbocycles. The molecule has 0 saturated heterocycles. The lowest BCUT2D eigenvalue weighted by Gasteiger charge is -2.25.